The Labute approximate surface area is 139 Å². The summed E-state index contributed by atoms with van der Waals surface area (Å²) in [5, 5.41) is 2.76. The van der Waals surface area contributed by atoms with E-state index in [9.17, 15) is 14.4 Å². The van der Waals surface area contributed by atoms with Crippen molar-refractivity contribution in [3.8, 4) is 0 Å². The van der Waals surface area contributed by atoms with Crippen LogP contribution in [-0.2, 0) is 4.79 Å². The van der Waals surface area contributed by atoms with Crippen molar-refractivity contribution >= 4 is 23.4 Å². The highest BCUT2D eigenvalue weighted by atomic mass is 16.3. The molecule has 1 heterocycles. The third-order valence-corrected chi connectivity index (χ3v) is 3.06. The zero-order chi connectivity index (χ0) is 17.5. The summed E-state index contributed by atoms with van der Waals surface area (Å²) in [6.45, 7) is 3.92. The van der Waals surface area contributed by atoms with Crippen molar-refractivity contribution < 1.29 is 18.8 Å². The van der Waals surface area contributed by atoms with Crippen LogP contribution in [0.4, 0.5) is 5.69 Å². The molecule has 0 bridgehead atoms. The molecule has 2 rings (SSSR count). The highest BCUT2D eigenvalue weighted by Gasteiger charge is 2.11. The molecule has 0 aliphatic rings. The highest BCUT2D eigenvalue weighted by molar-refractivity contribution is 5.98. The van der Waals surface area contributed by atoms with E-state index in [0.29, 0.717) is 17.7 Å². The number of furan rings is 1. The molecule has 2 aromatic rings. The van der Waals surface area contributed by atoms with Gasteiger partial charge in [0.25, 0.3) is 5.91 Å². The number of benzene rings is 1. The van der Waals surface area contributed by atoms with Crippen LogP contribution >= 0.6 is 0 Å². The normalized spacial score (nSPS) is 10.3. The summed E-state index contributed by atoms with van der Waals surface area (Å²) < 4.78 is 4.91. The van der Waals surface area contributed by atoms with Crippen molar-refractivity contribution in [2.45, 2.75) is 20.3 Å². The topological polar surface area (TPSA) is 100 Å². The average molecular weight is 329 g/mol. The van der Waals surface area contributed by atoms with Gasteiger partial charge in [-0.05, 0) is 42.3 Å². The molecule has 0 aliphatic heterocycles. The second-order valence-corrected chi connectivity index (χ2v) is 5.61. The maximum absolute atomic E-state index is 12.0. The minimum Gasteiger partial charge on any atom is -0.459 e. The number of rotatable bonds is 5. The molecule has 3 amide bonds. The van der Waals surface area contributed by atoms with E-state index in [2.05, 4.69) is 16.2 Å². The minimum atomic E-state index is -0.550. The van der Waals surface area contributed by atoms with E-state index in [1.165, 1.54) is 12.3 Å². The van der Waals surface area contributed by atoms with Crippen LogP contribution in [0.15, 0.2) is 47.1 Å². The van der Waals surface area contributed by atoms with Crippen LogP contribution in [0.2, 0.25) is 0 Å². The maximum atomic E-state index is 12.0. The van der Waals surface area contributed by atoms with Crippen molar-refractivity contribution in [1.82, 2.24) is 10.9 Å². The van der Waals surface area contributed by atoms with Gasteiger partial charge in [-0.3, -0.25) is 25.2 Å². The minimum absolute atomic E-state index is 0.0760. The largest absolute Gasteiger partial charge is 0.459 e. The molecule has 1 aromatic carbocycles. The monoisotopic (exact) mass is 329 g/mol. The van der Waals surface area contributed by atoms with E-state index in [4.69, 9.17) is 4.42 Å². The number of amides is 3. The first kappa shape index (κ1) is 17.3. The van der Waals surface area contributed by atoms with Crippen LogP contribution in [0.5, 0.6) is 0 Å². The van der Waals surface area contributed by atoms with Gasteiger partial charge in [-0.2, -0.15) is 0 Å². The molecule has 24 heavy (non-hydrogen) atoms. The van der Waals surface area contributed by atoms with Gasteiger partial charge in [0.05, 0.1) is 6.26 Å². The van der Waals surface area contributed by atoms with Crippen LogP contribution < -0.4 is 16.2 Å². The van der Waals surface area contributed by atoms with Crippen molar-refractivity contribution in [3.63, 3.8) is 0 Å². The van der Waals surface area contributed by atoms with E-state index in [1.807, 2.05) is 13.8 Å². The van der Waals surface area contributed by atoms with Gasteiger partial charge in [-0.1, -0.05) is 13.8 Å². The Hall–Kier alpha value is -3.09. The fraction of sp³-hybridized carbons (Fsp3) is 0.235. The van der Waals surface area contributed by atoms with Crippen molar-refractivity contribution in [2.75, 3.05) is 5.32 Å². The molecule has 0 spiro atoms. The number of hydrogen-bond donors (Lipinski definition) is 3. The summed E-state index contributed by atoms with van der Waals surface area (Å²) in [7, 11) is 0. The lowest BCUT2D eigenvalue weighted by molar-refractivity contribution is -0.116. The lowest BCUT2D eigenvalue weighted by Crippen LogP contribution is -2.41. The second kappa shape index (κ2) is 7.96. The average Bonchev–Trinajstić information content (AvgIpc) is 3.06. The van der Waals surface area contributed by atoms with Crippen molar-refractivity contribution in [2.24, 2.45) is 5.92 Å². The second-order valence-electron chi connectivity index (χ2n) is 5.61. The molecular weight excluding hydrogens is 310 g/mol. The Kier molecular flexibility index (Phi) is 5.73. The molecule has 0 atom stereocenters. The van der Waals surface area contributed by atoms with Crippen molar-refractivity contribution in [1.29, 1.82) is 0 Å². The first-order chi connectivity index (χ1) is 11.5. The van der Waals surface area contributed by atoms with Crippen molar-refractivity contribution in [3.05, 3.63) is 54.0 Å². The number of anilines is 1. The number of nitrogens with one attached hydrogen (secondary N) is 3. The first-order valence-corrected chi connectivity index (χ1v) is 7.50. The quantitative estimate of drug-likeness (QED) is 0.733. The number of hydrogen-bond acceptors (Lipinski definition) is 4. The van der Waals surface area contributed by atoms with Crippen LogP contribution in [0.1, 0.15) is 41.2 Å². The molecule has 1 aromatic heterocycles. The van der Waals surface area contributed by atoms with Gasteiger partial charge in [-0.15, -0.1) is 0 Å². The highest BCUT2D eigenvalue weighted by Crippen LogP contribution is 2.11. The Bertz CT molecular complexity index is 706. The molecule has 0 saturated heterocycles. The van der Waals surface area contributed by atoms with Gasteiger partial charge in [-0.25, -0.2) is 0 Å². The molecule has 126 valence electrons. The molecule has 3 N–H and O–H groups in total. The molecule has 0 aliphatic carbocycles. The van der Waals surface area contributed by atoms with Gasteiger partial charge in [0, 0.05) is 17.7 Å². The molecule has 0 saturated carbocycles. The Morgan fingerprint density at radius 1 is 1.00 bits per heavy atom. The third-order valence-electron chi connectivity index (χ3n) is 3.06. The SMILES string of the molecule is CC(C)CC(=O)Nc1ccc(C(=O)NNC(=O)c2ccco2)cc1. The fourth-order valence-corrected chi connectivity index (χ4v) is 1.94. The van der Waals surface area contributed by atoms with Crippen LogP contribution in [-0.4, -0.2) is 17.7 Å². The smallest absolute Gasteiger partial charge is 0.305 e. The molecular formula is C17H19N3O4. The zero-order valence-electron chi connectivity index (χ0n) is 13.5. The third kappa shape index (κ3) is 4.98. The zero-order valence-corrected chi connectivity index (χ0v) is 13.5. The Balaban J connectivity index is 1.87. The van der Waals surface area contributed by atoms with Crippen LogP contribution in [0.3, 0.4) is 0 Å². The fourth-order valence-electron chi connectivity index (χ4n) is 1.94. The summed E-state index contributed by atoms with van der Waals surface area (Å²) in [5.41, 5.74) is 5.49. The number of hydrazine groups is 1. The van der Waals surface area contributed by atoms with E-state index >= 15 is 0 Å². The maximum Gasteiger partial charge on any atom is 0.305 e. The molecule has 7 heteroatoms. The van der Waals surface area contributed by atoms with Gasteiger partial charge >= 0.3 is 5.91 Å². The Morgan fingerprint density at radius 3 is 2.25 bits per heavy atom. The summed E-state index contributed by atoms with van der Waals surface area (Å²) in [5.74, 6) is -0.736. The molecule has 0 fully saturated rings. The van der Waals surface area contributed by atoms with Gasteiger partial charge in [0.2, 0.25) is 5.91 Å². The van der Waals surface area contributed by atoms with E-state index in [-0.39, 0.29) is 17.6 Å². The summed E-state index contributed by atoms with van der Waals surface area (Å²) in [6, 6.07) is 9.42. The predicted molar refractivity (Wildman–Crippen MR) is 88.2 cm³/mol. The van der Waals surface area contributed by atoms with Gasteiger partial charge < -0.3 is 9.73 Å². The summed E-state index contributed by atoms with van der Waals surface area (Å²) in [4.78, 5) is 35.3. The van der Waals surface area contributed by atoms with Crippen LogP contribution in [0.25, 0.3) is 0 Å². The predicted octanol–water partition coefficient (Wildman–Crippen LogP) is 2.34. The van der Waals surface area contributed by atoms with E-state index < -0.39 is 11.8 Å². The number of carbonyl (C=O) groups excluding carboxylic acids is 3. The van der Waals surface area contributed by atoms with Crippen LogP contribution in [0, 0.1) is 5.92 Å². The molecule has 7 nitrogen and oxygen atoms in total. The van der Waals surface area contributed by atoms with Gasteiger partial charge in [0.15, 0.2) is 5.76 Å². The van der Waals surface area contributed by atoms with E-state index in [0.717, 1.165) is 0 Å². The molecule has 0 radical (unpaired) electrons. The lowest BCUT2D eigenvalue weighted by atomic mass is 10.1. The lowest BCUT2D eigenvalue weighted by Gasteiger charge is -2.09. The standard InChI is InChI=1S/C17H19N3O4/c1-11(2)10-15(21)18-13-7-5-12(6-8-13)16(22)19-20-17(23)14-4-3-9-24-14/h3-9,11H,10H2,1-2H3,(H,18,21)(H,19,22)(H,20,23). The molecule has 0 unspecified atom stereocenters. The van der Waals surface area contributed by atoms with E-state index in [1.54, 1.807) is 30.3 Å². The summed E-state index contributed by atoms with van der Waals surface area (Å²) >= 11 is 0. The Morgan fingerprint density at radius 2 is 1.67 bits per heavy atom. The number of carbonyl (C=O) groups is 3. The first-order valence-electron chi connectivity index (χ1n) is 7.50. The van der Waals surface area contributed by atoms with Gasteiger partial charge in [0.1, 0.15) is 0 Å². The summed E-state index contributed by atoms with van der Waals surface area (Å²) in [6.07, 6.45) is 1.80.